The molecule has 3 nitrogen and oxygen atoms in total. The number of hydrogen-bond donors (Lipinski definition) is 1. The van der Waals surface area contributed by atoms with Gasteiger partial charge in [-0.25, -0.2) is 0 Å². The SMILES string of the molecule is CCNCc1cc(CN(C)CC(F)(F)F)oc1C. The summed E-state index contributed by atoms with van der Waals surface area (Å²) < 4.78 is 42.0. The van der Waals surface area contributed by atoms with Crippen molar-refractivity contribution in [3.05, 3.63) is 23.2 Å². The van der Waals surface area contributed by atoms with E-state index >= 15 is 0 Å². The van der Waals surface area contributed by atoms with Gasteiger partial charge in [-0.1, -0.05) is 6.92 Å². The molecule has 0 unspecified atom stereocenters. The lowest BCUT2D eigenvalue weighted by Gasteiger charge is -2.16. The Morgan fingerprint density at radius 2 is 2.06 bits per heavy atom. The molecule has 0 bridgehead atoms. The van der Waals surface area contributed by atoms with Crippen molar-refractivity contribution in [3.8, 4) is 0 Å². The Morgan fingerprint density at radius 3 is 2.61 bits per heavy atom. The Bertz CT molecular complexity index is 374. The first-order chi connectivity index (χ1) is 8.31. The van der Waals surface area contributed by atoms with Crippen LogP contribution in [0.3, 0.4) is 0 Å². The lowest BCUT2D eigenvalue weighted by molar-refractivity contribution is -0.144. The molecule has 18 heavy (non-hydrogen) atoms. The molecule has 0 aliphatic carbocycles. The van der Waals surface area contributed by atoms with E-state index < -0.39 is 12.7 Å². The Morgan fingerprint density at radius 1 is 1.39 bits per heavy atom. The number of rotatable bonds is 6. The van der Waals surface area contributed by atoms with Gasteiger partial charge in [0.25, 0.3) is 0 Å². The monoisotopic (exact) mass is 264 g/mol. The zero-order chi connectivity index (χ0) is 13.8. The molecule has 0 radical (unpaired) electrons. The molecule has 1 rings (SSSR count). The minimum absolute atomic E-state index is 0.159. The van der Waals surface area contributed by atoms with Crippen LogP contribution in [0.1, 0.15) is 24.0 Å². The molecular weight excluding hydrogens is 245 g/mol. The zero-order valence-corrected chi connectivity index (χ0v) is 10.9. The van der Waals surface area contributed by atoms with Crippen molar-refractivity contribution in [2.75, 3.05) is 20.1 Å². The molecule has 0 atom stereocenters. The molecule has 0 fully saturated rings. The van der Waals surface area contributed by atoms with E-state index in [2.05, 4.69) is 5.32 Å². The van der Waals surface area contributed by atoms with E-state index in [-0.39, 0.29) is 6.54 Å². The molecule has 0 spiro atoms. The summed E-state index contributed by atoms with van der Waals surface area (Å²) in [6, 6.07) is 1.81. The Kier molecular flexibility index (Phi) is 5.22. The van der Waals surface area contributed by atoms with Gasteiger partial charge < -0.3 is 9.73 Å². The van der Waals surface area contributed by atoms with Crippen LogP contribution in [0.25, 0.3) is 0 Å². The normalized spacial score (nSPS) is 12.4. The summed E-state index contributed by atoms with van der Waals surface area (Å²) in [5.41, 5.74) is 0.993. The van der Waals surface area contributed by atoms with Gasteiger partial charge in [-0.3, -0.25) is 4.90 Å². The lowest BCUT2D eigenvalue weighted by atomic mass is 10.2. The maximum absolute atomic E-state index is 12.2. The van der Waals surface area contributed by atoms with Gasteiger partial charge in [-0.2, -0.15) is 13.2 Å². The highest BCUT2D eigenvalue weighted by Crippen LogP contribution is 2.19. The number of nitrogens with zero attached hydrogens (tertiary/aromatic N) is 1. The molecule has 0 aliphatic rings. The minimum atomic E-state index is -4.18. The predicted octanol–water partition coefficient (Wildman–Crippen LogP) is 2.69. The molecule has 1 aromatic rings. The van der Waals surface area contributed by atoms with E-state index in [9.17, 15) is 13.2 Å². The molecule has 104 valence electrons. The summed E-state index contributed by atoms with van der Waals surface area (Å²) in [6.45, 7) is 4.55. The smallest absolute Gasteiger partial charge is 0.401 e. The fraction of sp³-hybridized carbons (Fsp3) is 0.667. The molecule has 0 amide bonds. The maximum atomic E-state index is 12.2. The fourth-order valence-corrected chi connectivity index (χ4v) is 1.73. The van der Waals surface area contributed by atoms with Gasteiger partial charge in [0.05, 0.1) is 13.1 Å². The zero-order valence-electron chi connectivity index (χ0n) is 10.9. The summed E-state index contributed by atoms with van der Waals surface area (Å²) in [5.74, 6) is 1.32. The first kappa shape index (κ1) is 15.0. The summed E-state index contributed by atoms with van der Waals surface area (Å²) in [5, 5.41) is 3.16. The molecular formula is C12H19F3N2O. The van der Waals surface area contributed by atoms with E-state index in [1.807, 2.05) is 19.9 Å². The van der Waals surface area contributed by atoms with Crippen molar-refractivity contribution in [2.24, 2.45) is 0 Å². The Hall–Kier alpha value is -1.01. The number of hydrogen-bond acceptors (Lipinski definition) is 3. The molecule has 0 saturated carbocycles. The molecule has 1 aromatic heterocycles. The van der Waals surface area contributed by atoms with Gasteiger partial charge >= 0.3 is 6.18 Å². The number of aryl methyl sites for hydroxylation is 1. The molecule has 1 heterocycles. The third-order valence-electron chi connectivity index (χ3n) is 2.51. The molecule has 0 aromatic carbocycles. The lowest BCUT2D eigenvalue weighted by Crippen LogP contribution is -2.30. The van der Waals surface area contributed by atoms with Crippen LogP contribution in [0.4, 0.5) is 13.2 Å². The first-order valence-electron chi connectivity index (χ1n) is 5.86. The van der Waals surface area contributed by atoms with Crippen LogP contribution in [-0.2, 0) is 13.1 Å². The second kappa shape index (κ2) is 6.24. The summed E-state index contributed by atoms with van der Waals surface area (Å²) >= 11 is 0. The maximum Gasteiger partial charge on any atom is 0.401 e. The molecule has 6 heteroatoms. The first-order valence-corrected chi connectivity index (χ1v) is 5.86. The summed E-state index contributed by atoms with van der Waals surface area (Å²) in [7, 11) is 1.43. The second-order valence-electron chi connectivity index (χ2n) is 4.36. The van der Waals surface area contributed by atoms with E-state index in [0.717, 1.165) is 17.9 Å². The van der Waals surface area contributed by atoms with Gasteiger partial charge in [-0.05, 0) is 26.6 Å². The average molecular weight is 264 g/mol. The van der Waals surface area contributed by atoms with Crippen molar-refractivity contribution >= 4 is 0 Å². The van der Waals surface area contributed by atoms with Crippen molar-refractivity contribution in [3.63, 3.8) is 0 Å². The standard InChI is InChI=1S/C12H19F3N2O/c1-4-16-6-10-5-11(18-9(10)2)7-17(3)8-12(13,14)15/h5,16H,4,6-8H2,1-3H3. The minimum Gasteiger partial charge on any atom is -0.465 e. The second-order valence-corrected chi connectivity index (χ2v) is 4.36. The van der Waals surface area contributed by atoms with Crippen LogP contribution < -0.4 is 5.32 Å². The topological polar surface area (TPSA) is 28.4 Å². The van der Waals surface area contributed by atoms with Crippen LogP contribution in [0, 0.1) is 6.92 Å². The van der Waals surface area contributed by atoms with E-state index in [1.165, 1.54) is 11.9 Å². The van der Waals surface area contributed by atoms with Gasteiger partial charge in [0, 0.05) is 12.1 Å². The van der Waals surface area contributed by atoms with Crippen molar-refractivity contribution < 1.29 is 17.6 Å². The number of halogens is 3. The molecule has 1 N–H and O–H groups in total. The van der Waals surface area contributed by atoms with E-state index in [4.69, 9.17) is 4.42 Å². The Balaban J connectivity index is 2.57. The summed E-state index contributed by atoms with van der Waals surface area (Å²) in [4.78, 5) is 1.19. The third kappa shape index (κ3) is 5.10. The Labute approximate surface area is 105 Å². The van der Waals surface area contributed by atoms with Crippen LogP contribution in [0.2, 0.25) is 0 Å². The predicted molar refractivity (Wildman–Crippen MR) is 63.2 cm³/mol. The van der Waals surface area contributed by atoms with Crippen molar-refractivity contribution in [2.45, 2.75) is 33.1 Å². The van der Waals surface area contributed by atoms with Crippen molar-refractivity contribution in [1.29, 1.82) is 0 Å². The highest BCUT2D eigenvalue weighted by atomic mass is 19.4. The fourth-order valence-electron chi connectivity index (χ4n) is 1.73. The molecule has 0 aliphatic heterocycles. The van der Waals surface area contributed by atoms with Gasteiger partial charge in [0.1, 0.15) is 11.5 Å². The van der Waals surface area contributed by atoms with Gasteiger partial charge in [0.15, 0.2) is 0 Å². The average Bonchev–Trinajstić information content (AvgIpc) is 2.52. The number of alkyl halides is 3. The van der Waals surface area contributed by atoms with Crippen LogP contribution in [0.5, 0.6) is 0 Å². The molecule has 0 saturated heterocycles. The van der Waals surface area contributed by atoms with Crippen molar-refractivity contribution in [1.82, 2.24) is 10.2 Å². The third-order valence-corrected chi connectivity index (χ3v) is 2.51. The van der Waals surface area contributed by atoms with Gasteiger partial charge in [-0.15, -0.1) is 0 Å². The van der Waals surface area contributed by atoms with E-state index in [0.29, 0.717) is 12.3 Å². The largest absolute Gasteiger partial charge is 0.465 e. The quantitative estimate of drug-likeness (QED) is 0.856. The van der Waals surface area contributed by atoms with Gasteiger partial charge in [0.2, 0.25) is 0 Å². The van der Waals surface area contributed by atoms with Crippen LogP contribution in [0.15, 0.2) is 10.5 Å². The van der Waals surface area contributed by atoms with Crippen LogP contribution >= 0.6 is 0 Å². The number of furan rings is 1. The summed E-state index contributed by atoms with van der Waals surface area (Å²) in [6.07, 6.45) is -4.18. The highest BCUT2D eigenvalue weighted by molar-refractivity contribution is 5.20. The highest BCUT2D eigenvalue weighted by Gasteiger charge is 2.29. The van der Waals surface area contributed by atoms with Crippen LogP contribution in [-0.4, -0.2) is 31.2 Å². The number of nitrogens with one attached hydrogen (secondary N) is 1. The van der Waals surface area contributed by atoms with E-state index in [1.54, 1.807) is 0 Å².